The zero-order chi connectivity index (χ0) is 14.4. The van der Waals surface area contributed by atoms with Crippen LogP contribution in [-0.4, -0.2) is 6.79 Å². The lowest BCUT2D eigenvalue weighted by Gasteiger charge is -2.17. The molecule has 4 nitrogen and oxygen atoms in total. The van der Waals surface area contributed by atoms with E-state index in [9.17, 15) is 0 Å². The topological polar surface area (TPSA) is 56.5 Å². The van der Waals surface area contributed by atoms with Gasteiger partial charge in [-0.2, -0.15) is 0 Å². The molecule has 5 heteroatoms. The molecule has 2 unspecified atom stereocenters. The Balaban J connectivity index is 1.66. The second kappa shape index (κ2) is 4.83. The van der Waals surface area contributed by atoms with Crippen LogP contribution in [0.1, 0.15) is 29.6 Å². The number of ether oxygens (including phenoxy) is 2. The van der Waals surface area contributed by atoms with Gasteiger partial charge in [-0.15, -0.1) is 0 Å². The molecular formula is C16H15ClN2O2. The average molecular weight is 303 g/mol. The molecule has 1 aliphatic carbocycles. The molecule has 0 bridgehead atoms. The van der Waals surface area contributed by atoms with Gasteiger partial charge in [0.05, 0.1) is 16.8 Å². The maximum atomic E-state index is 6.32. The predicted octanol–water partition coefficient (Wildman–Crippen LogP) is 3.63. The Labute approximate surface area is 127 Å². The molecule has 2 atom stereocenters. The molecule has 4 rings (SSSR count). The summed E-state index contributed by atoms with van der Waals surface area (Å²) in [5.41, 5.74) is 9.48. The number of halogens is 1. The third kappa shape index (κ3) is 2.11. The number of benzene rings is 2. The largest absolute Gasteiger partial charge is 0.454 e. The van der Waals surface area contributed by atoms with Crippen LogP contribution in [-0.2, 0) is 0 Å². The fourth-order valence-corrected chi connectivity index (χ4v) is 3.23. The van der Waals surface area contributed by atoms with E-state index in [-0.39, 0.29) is 18.9 Å². The second-order valence-electron chi connectivity index (χ2n) is 5.35. The Morgan fingerprint density at radius 1 is 1.10 bits per heavy atom. The van der Waals surface area contributed by atoms with E-state index in [1.807, 2.05) is 18.2 Å². The van der Waals surface area contributed by atoms with Gasteiger partial charge in [-0.25, -0.2) is 0 Å². The lowest BCUT2D eigenvalue weighted by Crippen LogP contribution is -2.10. The van der Waals surface area contributed by atoms with Crippen LogP contribution >= 0.6 is 11.6 Å². The first-order chi connectivity index (χ1) is 10.2. The van der Waals surface area contributed by atoms with Crippen molar-refractivity contribution in [3.63, 3.8) is 0 Å². The highest BCUT2D eigenvalue weighted by molar-refractivity contribution is 6.33. The van der Waals surface area contributed by atoms with E-state index in [2.05, 4.69) is 17.4 Å². The van der Waals surface area contributed by atoms with E-state index in [4.69, 9.17) is 26.8 Å². The van der Waals surface area contributed by atoms with E-state index in [0.717, 1.165) is 17.9 Å². The Morgan fingerprint density at radius 2 is 1.81 bits per heavy atom. The van der Waals surface area contributed by atoms with Gasteiger partial charge in [0.15, 0.2) is 11.5 Å². The second-order valence-corrected chi connectivity index (χ2v) is 5.76. The van der Waals surface area contributed by atoms with Crippen LogP contribution in [0.15, 0.2) is 36.4 Å². The average Bonchev–Trinajstić information content (AvgIpc) is 3.05. The molecular weight excluding hydrogens is 288 g/mol. The quantitative estimate of drug-likeness (QED) is 0.889. The van der Waals surface area contributed by atoms with E-state index in [1.54, 1.807) is 6.07 Å². The van der Waals surface area contributed by atoms with E-state index in [1.165, 1.54) is 11.1 Å². The molecule has 0 radical (unpaired) electrons. The lowest BCUT2D eigenvalue weighted by atomic mass is 10.1. The molecule has 2 aromatic rings. The molecule has 0 spiro atoms. The van der Waals surface area contributed by atoms with Crippen LogP contribution in [0.4, 0.5) is 5.69 Å². The van der Waals surface area contributed by atoms with Crippen molar-refractivity contribution < 1.29 is 9.47 Å². The molecule has 21 heavy (non-hydrogen) atoms. The molecule has 0 saturated carbocycles. The van der Waals surface area contributed by atoms with Crippen molar-refractivity contribution in [3.05, 3.63) is 52.5 Å². The molecule has 1 aliphatic heterocycles. The SMILES string of the molecule is NC1CC(Nc2cc3c(cc2Cl)OCO3)c2ccccc21. The van der Waals surface area contributed by atoms with Crippen molar-refractivity contribution in [2.75, 3.05) is 12.1 Å². The van der Waals surface area contributed by atoms with E-state index < -0.39 is 0 Å². The van der Waals surface area contributed by atoms with Gasteiger partial charge < -0.3 is 20.5 Å². The number of nitrogens with two attached hydrogens (primary N) is 1. The maximum Gasteiger partial charge on any atom is 0.231 e. The van der Waals surface area contributed by atoms with E-state index >= 15 is 0 Å². The highest BCUT2D eigenvalue weighted by Crippen LogP contribution is 2.43. The predicted molar refractivity (Wildman–Crippen MR) is 81.9 cm³/mol. The molecule has 0 amide bonds. The molecule has 0 saturated heterocycles. The monoisotopic (exact) mass is 302 g/mol. The van der Waals surface area contributed by atoms with Crippen molar-refractivity contribution in [1.82, 2.24) is 0 Å². The van der Waals surface area contributed by atoms with Crippen molar-refractivity contribution in [2.45, 2.75) is 18.5 Å². The Kier molecular flexibility index (Phi) is 2.94. The number of rotatable bonds is 2. The summed E-state index contributed by atoms with van der Waals surface area (Å²) in [6.07, 6.45) is 0.851. The molecule has 3 N–H and O–H groups in total. The molecule has 0 fully saturated rings. The summed E-state index contributed by atoms with van der Waals surface area (Å²) in [5, 5.41) is 4.10. The van der Waals surface area contributed by atoms with Crippen molar-refractivity contribution >= 4 is 17.3 Å². The highest BCUT2D eigenvalue weighted by Gasteiger charge is 2.29. The number of hydrogen-bond acceptors (Lipinski definition) is 4. The summed E-state index contributed by atoms with van der Waals surface area (Å²) >= 11 is 6.32. The molecule has 0 aromatic heterocycles. The van der Waals surface area contributed by atoms with Gasteiger partial charge in [0, 0.05) is 18.2 Å². The zero-order valence-electron chi connectivity index (χ0n) is 11.3. The van der Waals surface area contributed by atoms with Crippen LogP contribution in [0.25, 0.3) is 0 Å². The van der Waals surface area contributed by atoms with Gasteiger partial charge in [0.25, 0.3) is 0 Å². The molecule has 108 valence electrons. The number of hydrogen-bond donors (Lipinski definition) is 2. The highest BCUT2D eigenvalue weighted by atomic mass is 35.5. The first-order valence-corrected chi connectivity index (χ1v) is 7.30. The summed E-state index contributed by atoms with van der Waals surface area (Å²) < 4.78 is 10.7. The van der Waals surface area contributed by atoms with Crippen molar-refractivity contribution in [1.29, 1.82) is 0 Å². The van der Waals surface area contributed by atoms with Gasteiger partial charge in [0.2, 0.25) is 6.79 Å². The minimum atomic E-state index is 0.0616. The van der Waals surface area contributed by atoms with Crippen LogP contribution in [0.5, 0.6) is 11.5 Å². The minimum absolute atomic E-state index is 0.0616. The molecule has 2 aliphatic rings. The maximum absolute atomic E-state index is 6.32. The summed E-state index contributed by atoms with van der Waals surface area (Å²) in [4.78, 5) is 0. The summed E-state index contributed by atoms with van der Waals surface area (Å²) in [6, 6.07) is 12.1. The van der Waals surface area contributed by atoms with Gasteiger partial charge in [0.1, 0.15) is 0 Å². The molecule has 1 heterocycles. The molecule has 2 aromatic carbocycles. The third-order valence-electron chi connectivity index (χ3n) is 4.05. The normalized spacial score (nSPS) is 22.2. The fourth-order valence-electron chi connectivity index (χ4n) is 3.03. The van der Waals surface area contributed by atoms with Crippen LogP contribution < -0.4 is 20.5 Å². The van der Waals surface area contributed by atoms with Gasteiger partial charge in [-0.3, -0.25) is 0 Å². The number of fused-ring (bicyclic) bond motifs is 2. The Hall–Kier alpha value is -1.91. The first kappa shape index (κ1) is 12.8. The summed E-state index contributed by atoms with van der Waals surface area (Å²) in [6.45, 7) is 0.242. The van der Waals surface area contributed by atoms with Gasteiger partial charge in [-0.1, -0.05) is 35.9 Å². The van der Waals surface area contributed by atoms with Crippen molar-refractivity contribution in [3.8, 4) is 11.5 Å². The lowest BCUT2D eigenvalue weighted by molar-refractivity contribution is 0.174. The fraction of sp³-hybridized carbons (Fsp3) is 0.250. The van der Waals surface area contributed by atoms with Gasteiger partial charge in [-0.05, 0) is 17.5 Å². The van der Waals surface area contributed by atoms with Crippen LogP contribution in [0.3, 0.4) is 0 Å². The third-order valence-corrected chi connectivity index (χ3v) is 4.37. The number of nitrogens with one attached hydrogen (secondary N) is 1. The van der Waals surface area contributed by atoms with Crippen molar-refractivity contribution in [2.24, 2.45) is 5.73 Å². The Bertz CT molecular complexity index is 705. The van der Waals surface area contributed by atoms with E-state index in [0.29, 0.717) is 10.8 Å². The standard InChI is InChI=1S/C16H15ClN2O2/c17-11-5-15-16(21-8-20-15)7-14(11)19-13-6-12(18)9-3-1-2-4-10(9)13/h1-5,7,12-13,19H,6,8,18H2. The van der Waals surface area contributed by atoms with Gasteiger partial charge >= 0.3 is 0 Å². The number of anilines is 1. The first-order valence-electron chi connectivity index (χ1n) is 6.92. The Morgan fingerprint density at radius 3 is 2.62 bits per heavy atom. The minimum Gasteiger partial charge on any atom is -0.454 e. The van der Waals surface area contributed by atoms with Crippen LogP contribution in [0.2, 0.25) is 5.02 Å². The van der Waals surface area contributed by atoms with Crippen LogP contribution in [0, 0.1) is 0 Å². The summed E-state index contributed by atoms with van der Waals surface area (Å²) in [5.74, 6) is 1.41. The zero-order valence-corrected chi connectivity index (χ0v) is 12.1. The summed E-state index contributed by atoms with van der Waals surface area (Å²) in [7, 11) is 0. The smallest absolute Gasteiger partial charge is 0.231 e.